The predicted octanol–water partition coefficient (Wildman–Crippen LogP) is 16.1. The number of anilines is 3. The molecular formula is C59H35NO2. The van der Waals surface area contributed by atoms with Crippen LogP contribution in [0.3, 0.4) is 0 Å². The lowest BCUT2D eigenvalue weighted by Crippen LogP contribution is -2.26. The Balaban J connectivity index is 1.05. The van der Waals surface area contributed by atoms with Crippen molar-refractivity contribution in [2.45, 2.75) is 5.41 Å². The summed E-state index contributed by atoms with van der Waals surface area (Å²) in [6.45, 7) is 0. The van der Waals surface area contributed by atoms with Crippen molar-refractivity contribution in [3.8, 4) is 33.4 Å². The Morgan fingerprint density at radius 1 is 0.323 bits per heavy atom. The number of nitrogens with zero attached hydrogens (tertiary/aromatic N) is 1. The number of furan rings is 2. The minimum atomic E-state index is -0.483. The van der Waals surface area contributed by atoms with Gasteiger partial charge in [0.25, 0.3) is 0 Å². The monoisotopic (exact) mass is 789 g/mol. The summed E-state index contributed by atoms with van der Waals surface area (Å²) in [7, 11) is 0. The first-order valence-corrected chi connectivity index (χ1v) is 21.3. The molecule has 0 fully saturated rings. The van der Waals surface area contributed by atoms with E-state index in [2.05, 4.69) is 211 Å². The van der Waals surface area contributed by atoms with Crippen LogP contribution in [0.4, 0.5) is 17.1 Å². The van der Waals surface area contributed by atoms with Gasteiger partial charge in [-0.05, 0) is 115 Å². The summed E-state index contributed by atoms with van der Waals surface area (Å²) in [6, 6.07) is 77.4. The van der Waals surface area contributed by atoms with Gasteiger partial charge in [0.15, 0.2) is 5.58 Å². The Morgan fingerprint density at radius 3 is 1.65 bits per heavy atom. The normalized spacial score (nSPS) is 13.3. The SMILES string of the molecule is c1ccc(N(c2ccc3c(c2)C2(c4ccccc4-c4ccccc42)c2ccccc2-3)c2cccc3c2oc2ccccc23)c(-c2ccc3oc4cc5ccccc5cc4c3c2)c1. The zero-order chi connectivity index (χ0) is 40.5. The molecule has 0 atom stereocenters. The van der Waals surface area contributed by atoms with Gasteiger partial charge in [-0.25, -0.2) is 0 Å². The summed E-state index contributed by atoms with van der Waals surface area (Å²) in [6.07, 6.45) is 0. The van der Waals surface area contributed by atoms with Crippen molar-refractivity contribution in [2.24, 2.45) is 0 Å². The molecule has 0 bridgehead atoms. The molecule has 0 saturated carbocycles. The lowest BCUT2D eigenvalue weighted by molar-refractivity contribution is 0.669. The molecule has 0 saturated heterocycles. The van der Waals surface area contributed by atoms with E-state index >= 15 is 0 Å². The van der Waals surface area contributed by atoms with E-state index in [1.54, 1.807) is 0 Å². The van der Waals surface area contributed by atoms with Gasteiger partial charge in [0.1, 0.15) is 16.7 Å². The Hall–Kier alpha value is -8.14. The Kier molecular flexibility index (Phi) is 6.76. The fourth-order valence-electron chi connectivity index (χ4n) is 11.1. The van der Waals surface area contributed by atoms with Crippen molar-refractivity contribution < 1.29 is 8.83 Å². The molecule has 0 aliphatic heterocycles. The van der Waals surface area contributed by atoms with E-state index in [0.717, 1.165) is 72.1 Å². The highest BCUT2D eigenvalue weighted by molar-refractivity contribution is 6.13. The Labute approximate surface area is 357 Å². The average molecular weight is 790 g/mol. The fraction of sp³-hybridized carbons (Fsp3) is 0.0169. The van der Waals surface area contributed by atoms with Gasteiger partial charge in [-0.3, -0.25) is 0 Å². The maximum absolute atomic E-state index is 6.86. The minimum Gasteiger partial charge on any atom is -0.456 e. The highest BCUT2D eigenvalue weighted by Crippen LogP contribution is 2.63. The molecule has 14 rings (SSSR count). The van der Waals surface area contributed by atoms with Crippen molar-refractivity contribution in [1.82, 2.24) is 0 Å². The molecule has 0 unspecified atom stereocenters. The summed E-state index contributed by atoms with van der Waals surface area (Å²) in [5, 5.41) is 6.77. The third-order valence-electron chi connectivity index (χ3n) is 13.7. The third kappa shape index (κ3) is 4.44. The van der Waals surface area contributed by atoms with E-state index in [9.17, 15) is 0 Å². The molecule has 2 aliphatic rings. The molecule has 1 spiro atoms. The van der Waals surface area contributed by atoms with E-state index in [-0.39, 0.29) is 0 Å². The van der Waals surface area contributed by atoms with Crippen molar-refractivity contribution >= 4 is 71.7 Å². The molecule has 3 nitrogen and oxygen atoms in total. The lowest BCUT2D eigenvalue weighted by atomic mass is 9.70. The maximum Gasteiger partial charge on any atom is 0.159 e. The average Bonchev–Trinajstić information content (AvgIpc) is 4.06. The topological polar surface area (TPSA) is 29.5 Å². The highest BCUT2D eigenvalue weighted by Gasteiger charge is 2.51. The summed E-state index contributed by atoms with van der Waals surface area (Å²) in [5.74, 6) is 0. The standard InChI is InChI=1S/C59H35NO2/c1-2-15-37-34-57-48(32-36(37)14-1)47-33-38(28-31-56(47)61-57)40-16-6-11-25-53(40)60(54-26-13-21-46-45-20-7-12-27-55(45)62-58(46)54)39-29-30-44-43-19-5-10-24-51(43)59(52(44)35-39)49-22-8-3-17-41(49)42-18-4-9-23-50(42)59/h1-35H. The molecule has 0 radical (unpaired) electrons. The fourth-order valence-corrected chi connectivity index (χ4v) is 11.1. The zero-order valence-corrected chi connectivity index (χ0v) is 33.5. The third-order valence-corrected chi connectivity index (χ3v) is 13.7. The first kappa shape index (κ1) is 33.7. The zero-order valence-electron chi connectivity index (χ0n) is 33.5. The quantitative estimate of drug-likeness (QED) is 0.178. The molecule has 2 heterocycles. The Morgan fingerprint density at radius 2 is 0.887 bits per heavy atom. The van der Waals surface area contributed by atoms with Crippen LogP contribution in [-0.4, -0.2) is 0 Å². The van der Waals surface area contributed by atoms with E-state index in [0.29, 0.717) is 0 Å². The number of para-hydroxylation sites is 3. The smallest absolute Gasteiger partial charge is 0.159 e. The van der Waals surface area contributed by atoms with Gasteiger partial charge in [-0.15, -0.1) is 0 Å². The van der Waals surface area contributed by atoms with E-state index < -0.39 is 5.41 Å². The molecular weight excluding hydrogens is 755 g/mol. The van der Waals surface area contributed by atoms with Crippen molar-refractivity contribution in [3.63, 3.8) is 0 Å². The molecule has 10 aromatic carbocycles. The van der Waals surface area contributed by atoms with Gasteiger partial charge in [-0.1, -0.05) is 158 Å². The molecule has 12 aromatic rings. The van der Waals surface area contributed by atoms with Crippen molar-refractivity contribution in [2.75, 3.05) is 4.90 Å². The molecule has 288 valence electrons. The second kappa shape index (κ2) is 12.4. The summed E-state index contributed by atoms with van der Waals surface area (Å²) < 4.78 is 13.3. The van der Waals surface area contributed by atoms with Gasteiger partial charge in [0.2, 0.25) is 0 Å². The van der Waals surface area contributed by atoms with Crippen LogP contribution in [-0.2, 0) is 5.41 Å². The number of fused-ring (bicyclic) bond motifs is 17. The largest absolute Gasteiger partial charge is 0.456 e. The van der Waals surface area contributed by atoms with Crippen LogP contribution < -0.4 is 4.90 Å². The van der Waals surface area contributed by atoms with Crippen LogP contribution in [0.15, 0.2) is 221 Å². The van der Waals surface area contributed by atoms with Gasteiger partial charge in [0.05, 0.1) is 16.8 Å². The van der Waals surface area contributed by atoms with E-state index in [1.165, 1.54) is 55.3 Å². The molecule has 0 amide bonds. The summed E-state index contributed by atoms with van der Waals surface area (Å²) in [4.78, 5) is 2.43. The number of rotatable bonds is 4. The molecule has 2 aromatic heterocycles. The van der Waals surface area contributed by atoms with Crippen LogP contribution in [0.5, 0.6) is 0 Å². The predicted molar refractivity (Wildman–Crippen MR) is 255 cm³/mol. The van der Waals surface area contributed by atoms with Crippen LogP contribution in [0.1, 0.15) is 22.3 Å². The van der Waals surface area contributed by atoms with Crippen LogP contribution >= 0.6 is 0 Å². The van der Waals surface area contributed by atoms with Crippen LogP contribution in [0, 0.1) is 0 Å². The molecule has 62 heavy (non-hydrogen) atoms. The number of hydrogen-bond acceptors (Lipinski definition) is 3. The van der Waals surface area contributed by atoms with E-state index in [1.807, 2.05) is 6.07 Å². The van der Waals surface area contributed by atoms with Crippen molar-refractivity contribution in [3.05, 3.63) is 235 Å². The first-order chi connectivity index (χ1) is 30.7. The van der Waals surface area contributed by atoms with E-state index in [4.69, 9.17) is 8.83 Å². The van der Waals surface area contributed by atoms with Gasteiger partial charge in [0, 0.05) is 32.8 Å². The van der Waals surface area contributed by atoms with Crippen LogP contribution in [0.25, 0.3) is 88.0 Å². The van der Waals surface area contributed by atoms with Crippen LogP contribution in [0.2, 0.25) is 0 Å². The van der Waals surface area contributed by atoms with Gasteiger partial charge in [-0.2, -0.15) is 0 Å². The maximum atomic E-state index is 6.86. The lowest BCUT2D eigenvalue weighted by Gasteiger charge is -2.32. The number of hydrogen-bond donors (Lipinski definition) is 0. The molecule has 2 aliphatic carbocycles. The summed E-state index contributed by atoms with van der Waals surface area (Å²) >= 11 is 0. The van der Waals surface area contributed by atoms with Gasteiger partial charge < -0.3 is 13.7 Å². The second-order valence-corrected chi connectivity index (χ2v) is 16.7. The highest BCUT2D eigenvalue weighted by atomic mass is 16.3. The van der Waals surface area contributed by atoms with Gasteiger partial charge >= 0.3 is 0 Å². The molecule has 0 N–H and O–H groups in total. The Bertz CT molecular complexity index is 3780. The molecule has 3 heteroatoms. The second-order valence-electron chi connectivity index (χ2n) is 16.7. The first-order valence-electron chi connectivity index (χ1n) is 21.3. The number of benzene rings is 10. The van der Waals surface area contributed by atoms with Crippen molar-refractivity contribution in [1.29, 1.82) is 0 Å². The summed E-state index contributed by atoms with van der Waals surface area (Å²) in [5.41, 5.74) is 18.7. The minimum absolute atomic E-state index is 0.483.